The van der Waals surface area contributed by atoms with E-state index in [1.54, 1.807) is 0 Å². The molecule has 0 N–H and O–H groups in total. The molecule has 0 radical (unpaired) electrons. The first-order valence-electron chi connectivity index (χ1n) is 6.32. The van der Waals surface area contributed by atoms with Gasteiger partial charge in [0, 0.05) is 23.9 Å². The topological polar surface area (TPSA) is 29.5 Å². The van der Waals surface area contributed by atoms with Gasteiger partial charge in [0.25, 0.3) is 0 Å². The number of carbonyl (C=O) groups is 1. The SMILES string of the molecule is CCOC(=O)N1CC2c3sc(Br)cc3C(C)C2C1. The molecule has 98 valence electrons. The van der Waals surface area contributed by atoms with Crippen LogP contribution in [-0.2, 0) is 4.74 Å². The van der Waals surface area contributed by atoms with Crippen molar-refractivity contribution in [3.63, 3.8) is 0 Å². The third-order valence-corrected chi connectivity index (χ3v) is 5.91. The molecule has 2 heterocycles. The van der Waals surface area contributed by atoms with Crippen molar-refractivity contribution in [2.45, 2.75) is 25.7 Å². The average Bonchev–Trinajstić information content (AvgIpc) is 2.95. The lowest BCUT2D eigenvalue weighted by Crippen LogP contribution is -2.30. The summed E-state index contributed by atoms with van der Waals surface area (Å²) in [5, 5.41) is 0. The molecule has 2 aliphatic rings. The maximum absolute atomic E-state index is 11.8. The van der Waals surface area contributed by atoms with Crippen molar-refractivity contribution >= 4 is 33.4 Å². The van der Waals surface area contributed by atoms with Gasteiger partial charge in [-0.1, -0.05) is 6.92 Å². The van der Waals surface area contributed by atoms with Gasteiger partial charge in [-0.25, -0.2) is 4.79 Å². The Hall–Kier alpha value is -0.550. The number of thiophene rings is 1. The lowest BCUT2D eigenvalue weighted by atomic mass is 9.92. The van der Waals surface area contributed by atoms with Crippen molar-refractivity contribution < 1.29 is 9.53 Å². The highest BCUT2D eigenvalue weighted by molar-refractivity contribution is 9.11. The van der Waals surface area contributed by atoms with E-state index >= 15 is 0 Å². The number of likely N-dealkylation sites (tertiary alicyclic amines) is 1. The Balaban J connectivity index is 1.82. The summed E-state index contributed by atoms with van der Waals surface area (Å²) in [7, 11) is 0. The van der Waals surface area contributed by atoms with E-state index in [1.165, 1.54) is 14.2 Å². The molecule has 0 saturated carbocycles. The summed E-state index contributed by atoms with van der Waals surface area (Å²) in [4.78, 5) is 15.1. The van der Waals surface area contributed by atoms with E-state index < -0.39 is 0 Å². The zero-order valence-electron chi connectivity index (χ0n) is 10.5. The summed E-state index contributed by atoms with van der Waals surface area (Å²) >= 11 is 5.39. The van der Waals surface area contributed by atoms with E-state index in [2.05, 4.69) is 28.9 Å². The molecule has 1 saturated heterocycles. The molecule has 1 aliphatic carbocycles. The minimum atomic E-state index is -0.156. The number of nitrogens with zero attached hydrogens (tertiary/aromatic N) is 1. The maximum Gasteiger partial charge on any atom is 0.409 e. The summed E-state index contributed by atoms with van der Waals surface area (Å²) in [5.74, 6) is 1.63. The normalized spacial score (nSPS) is 29.3. The van der Waals surface area contributed by atoms with Crippen molar-refractivity contribution in [3.8, 4) is 0 Å². The first kappa shape index (κ1) is 12.5. The van der Waals surface area contributed by atoms with Gasteiger partial charge in [-0.05, 0) is 46.3 Å². The summed E-state index contributed by atoms with van der Waals surface area (Å²) in [6.45, 7) is 6.23. The van der Waals surface area contributed by atoms with Crippen LogP contribution in [0.3, 0.4) is 0 Å². The fourth-order valence-electron chi connectivity index (χ4n) is 3.24. The third kappa shape index (κ3) is 1.79. The van der Waals surface area contributed by atoms with Gasteiger partial charge in [0.15, 0.2) is 0 Å². The predicted molar refractivity (Wildman–Crippen MR) is 75.3 cm³/mol. The lowest BCUT2D eigenvalue weighted by Gasteiger charge is -2.18. The monoisotopic (exact) mass is 329 g/mol. The Labute approximate surface area is 119 Å². The predicted octanol–water partition coefficient (Wildman–Crippen LogP) is 3.80. The van der Waals surface area contributed by atoms with E-state index in [1.807, 2.05) is 23.2 Å². The highest BCUT2D eigenvalue weighted by Gasteiger charge is 2.47. The van der Waals surface area contributed by atoms with Crippen molar-refractivity contribution in [2.24, 2.45) is 5.92 Å². The molecule has 1 aromatic rings. The second kappa shape index (κ2) is 4.53. The highest BCUT2D eigenvalue weighted by atomic mass is 79.9. The van der Waals surface area contributed by atoms with Crippen LogP contribution in [0.25, 0.3) is 0 Å². The van der Waals surface area contributed by atoms with Crippen LogP contribution in [0.1, 0.15) is 36.1 Å². The van der Waals surface area contributed by atoms with E-state index in [-0.39, 0.29) is 6.09 Å². The van der Waals surface area contributed by atoms with Crippen molar-refractivity contribution in [3.05, 3.63) is 20.3 Å². The number of fused-ring (bicyclic) bond motifs is 3. The number of halogens is 1. The van der Waals surface area contributed by atoms with Gasteiger partial charge in [-0.2, -0.15) is 0 Å². The van der Waals surface area contributed by atoms with Crippen molar-refractivity contribution in [2.75, 3.05) is 19.7 Å². The second-order valence-electron chi connectivity index (χ2n) is 5.03. The second-order valence-corrected chi connectivity index (χ2v) is 7.50. The van der Waals surface area contributed by atoms with Crippen molar-refractivity contribution in [1.29, 1.82) is 0 Å². The largest absolute Gasteiger partial charge is 0.450 e. The van der Waals surface area contributed by atoms with Gasteiger partial charge in [0.05, 0.1) is 10.4 Å². The zero-order chi connectivity index (χ0) is 12.9. The number of carbonyl (C=O) groups excluding carboxylic acids is 1. The average molecular weight is 330 g/mol. The molecule has 1 aliphatic heterocycles. The molecule has 1 fully saturated rings. The Morgan fingerprint density at radius 2 is 2.39 bits per heavy atom. The molecule has 3 unspecified atom stereocenters. The van der Waals surface area contributed by atoms with Crippen LogP contribution in [-0.4, -0.2) is 30.7 Å². The number of rotatable bonds is 1. The standard InChI is InChI=1S/C13H16BrNO2S/c1-3-17-13(16)15-5-9-7(2)8-4-11(14)18-12(8)10(9)6-15/h4,7,9-10H,3,5-6H2,1-2H3. The smallest absolute Gasteiger partial charge is 0.409 e. The van der Waals surface area contributed by atoms with E-state index in [4.69, 9.17) is 4.74 Å². The Bertz CT molecular complexity index is 487. The molecule has 0 aromatic carbocycles. The Morgan fingerprint density at radius 1 is 1.61 bits per heavy atom. The fourth-order valence-corrected chi connectivity index (χ4v) is 5.17. The van der Waals surface area contributed by atoms with E-state index in [0.29, 0.717) is 24.4 Å². The number of hydrogen-bond acceptors (Lipinski definition) is 3. The molecule has 18 heavy (non-hydrogen) atoms. The molecule has 3 rings (SSSR count). The molecule has 0 bridgehead atoms. The van der Waals surface area contributed by atoms with Gasteiger partial charge in [0.1, 0.15) is 0 Å². The van der Waals surface area contributed by atoms with E-state index in [0.717, 1.165) is 13.1 Å². The Kier molecular flexibility index (Phi) is 3.14. The van der Waals surface area contributed by atoms with Crippen LogP contribution < -0.4 is 0 Å². The number of hydrogen-bond donors (Lipinski definition) is 0. The lowest BCUT2D eigenvalue weighted by molar-refractivity contribution is 0.113. The molecule has 3 atom stereocenters. The number of ether oxygens (including phenoxy) is 1. The quantitative estimate of drug-likeness (QED) is 0.784. The molecule has 1 aromatic heterocycles. The molecule has 0 spiro atoms. The van der Waals surface area contributed by atoms with Gasteiger partial charge in [0.2, 0.25) is 0 Å². The van der Waals surface area contributed by atoms with Gasteiger partial charge >= 0.3 is 6.09 Å². The van der Waals surface area contributed by atoms with Crippen LogP contribution in [0, 0.1) is 5.92 Å². The first-order chi connectivity index (χ1) is 8.61. The summed E-state index contributed by atoms with van der Waals surface area (Å²) in [6.07, 6.45) is -0.156. The fraction of sp³-hybridized carbons (Fsp3) is 0.615. The van der Waals surface area contributed by atoms with Crippen LogP contribution in [0.15, 0.2) is 9.85 Å². The Morgan fingerprint density at radius 3 is 3.11 bits per heavy atom. The summed E-state index contributed by atoms with van der Waals surface area (Å²) < 4.78 is 6.30. The molecular formula is C13H16BrNO2S. The molecule has 5 heteroatoms. The molecular weight excluding hydrogens is 314 g/mol. The van der Waals surface area contributed by atoms with Gasteiger partial charge in [-0.15, -0.1) is 11.3 Å². The van der Waals surface area contributed by atoms with Crippen LogP contribution >= 0.6 is 27.3 Å². The first-order valence-corrected chi connectivity index (χ1v) is 7.93. The molecule has 1 amide bonds. The molecule has 3 nitrogen and oxygen atoms in total. The highest BCUT2D eigenvalue weighted by Crippen LogP contribution is 2.54. The minimum Gasteiger partial charge on any atom is -0.450 e. The van der Waals surface area contributed by atoms with E-state index in [9.17, 15) is 4.79 Å². The summed E-state index contributed by atoms with van der Waals surface area (Å²) in [6, 6.07) is 2.25. The van der Waals surface area contributed by atoms with Gasteiger partial charge < -0.3 is 9.64 Å². The van der Waals surface area contributed by atoms with Crippen LogP contribution in [0.2, 0.25) is 0 Å². The summed E-state index contributed by atoms with van der Waals surface area (Å²) in [5.41, 5.74) is 1.48. The minimum absolute atomic E-state index is 0.156. The number of amides is 1. The van der Waals surface area contributed by atoms with Crippen molar-refractivity contribution in [1.82, 2.24) is 4.90 Å². The van der Waals surface area contributed by atoms with Crippen LogP contribution in [0.5, 0.6) is 0 Å². The van der Waals surface area contributed by atoms with Gasteiger partial charge in [-0.3, -0.25) is 0 Å². The third-order valence-electron chi connectivity index (χ3n) is 4.12. The van der Waals surface area contributed by atoms with Crippen LogP contribution in [0.4, 0.5) is 4.79 Å². The maximum atomic E-state index is 11.8. The zero-order valence-corrected chi connectivity index (χ0v) is 12.9.